The minimum atomic E-state index is -0.766. The van der Waals surface area contributed by atoms with E-state index >= 15 is 0 Å². The minimum absolute atomic E-state index is 0. The van der Waals surface area contributed by atoms with Crippen LogP contribution >= 0.6 is 12.4 Å². The van der Waals surface area contributed by atoms with Gasteiger partial charge in [0.2, 0.25) is 0 Å². The summed E-state index contributed by atoms with van der Waals surface area (Å²) in [5.74, 6) is 1.13. The van der Waals surface area contributed by atoms with Gasteiger partial charge in [0.1, 0.15) is 6.04 Å². The maximum Gasteiger partial charge on any atom is 0.328 e. The van der Waals surface area contributed by atoms with Crippen LogP contribution in [0.2, 0.25) is 0 Å². The van der Waals surface area contributed by atoms with Crippen LogP contribution in [0.1, 0.15) is 31.9 Å². The summed E-state index contributed by atoms with van der Waals surface area (Å²) < 4.78 is 21.8. The van der Waals surface area contributed by atoms with Gasteiger partial charge < -0.3 is 24.7 Å². The topological polar surface area (TPSA) is 104 Å². The van der Waals surface area contributed by atoms with Crippen LogP contribution in [0.4, 0.5) is 0 Å². The SMILES string of the molecule is CCOc1cc(C(=CC#N)c2ccc(OC)c(OC(=O)[C@@H](N)C(C)C)c2)ccc1OC.Cl. The molecule has 2 aromatic carbocycles. The Morgan fingerprint density at radius 3 is 2.03 bits per heavy atom. The van der Waals surface area contributed by atoms with E-state index in [0.29, 0.717) is 35.0 Å². The number of halogens is 1. The fourth-order valence-corrected chi connectivity index (χ4v) is 2.88. The molecule has 0 unspecified atom stereocenters. The van der Waals surface area contributed by atoms with Crippen molar-refractivity contribution in [3.8, 4) is 29.1 Å². The number of nitriles is 1. The Balaban J connectivity index is 0.00000512. The first-order chi connectivity index (χ1) is 14.9. The van der Waals surface area contributed by atoms with Gasteiger partial charge in [0.25, 0.3) is 0 Å². The largest absolute Gasteiger partial charge is 0.493 e. The number of carbonyl (C=O) groups excluding carboxylic acids is 1. The molecule has 2 N–H and O–H groups in total. The van der Waals surface area contributed by atoms with Gasteiger partial charge in [-0.3, -0.25) is 0 Å². The zero-order valence-electron chi connectivity index (χ0n) is 18.9. The summed E-state index contributed by atoms with van der Waals surface area (Å²) in [6.45, 7) is 6.03. The molecule has 0 spiro atoms. The van der Waals surface area contributed by atoms with Crippen molar-refractivity contribution in [2.45, 2.75) is 26.8 Å². The van der Waals surface area contributed by atoms with E-state index in [1.807, 2.05) is 26.8 Å². The number of allylic oxidation sites excluding steroid dienone is 1. The number of carbonyl (C=O) groups is 1. The predicted octanol–water partition coefficient (Wildman–Crippen LogP) is 4.37. The van der Waals surface area contributed by atoms with E-state index in [1.54, 1.807) is 37.4 Å². The van der Waals surface area contributed by atoms with Crippen LogP contribution in [0.15, 0.2) is 42.5 Å². The lowest BCUT2D eigenvalue weighted by Crippen LogP contribution is -2.38. The molecule has 1 atom stereocenters. The summed E-state index contributed by atoms with van der Waals surface area (Å²) in [5.41, 5.74) is 7.94. The van der Waals surface area contributed by atoms with Gasteiger partial charge in [-0.2, -0.15) is 5.26 Å². The van der Waals surface area contributed by atoms with Crippen LogP contribution in [0.3, 0.4) is 0 Å². The van der Waals surface area contributed by atoms with Crippen molar-refractivity contribution in [3.05, 3.63) is 53.6 Å². The lowest BCUT2D eigenvalue weighted by molar-refractivity contribution is -0.136. The Labute approximate surface area is 195 Å². The highest BCUT2D eigenvalue weighted by atomic mass is 35.5. The molecule has 0 heterocycles. The van der Waals surface area contributed by atoms with Gasteiger partial charge in [-0.15, -0.1) is 12.4 Å². The standard InChI is InChI=1S/C24H28N2O5.ClH/c1-6-30-21-13-16(7-9-19(21)28-4)18(11-12-25)17-8-10-20(29-5)22(14-17)31-24(27)23(26)15(2)3;/h7-11,13-15,23H,6,26H2,1-5H3;1H/t23-;/m0./s1. The second-order valence-corrected chi connectivity index (χ2v) is 7.04. The molecule has 0 saturated carbocycles. The van der Waals surface area contributed by atoms with E-state index in [2.05, 4.69) is 6.07 Å². The third-order valence-corrected chi connectivity index (χ3v) is 4.66. The van der Waals surface area contributed by atoms with E-state index < -0.39 is 12.0 Å². The first-order valence-corrected chi connectivity index (χ1v) is 9.92. The normalized spacial score (nSPS) is 11.8. The quantitative estimate of drug-likeness (QED) is 0.336. The lowest BCUT2D eigenvalue weighted by Gasteiger charge is -2.17. The molecule has 8 heteroatoms. The Morgan fingerprint density at radius 2 is 1.56 bits per heavy atom. The van der Waals surface area contributed by atoms with Crippen molar-refractivity contribution in [2.75, 3.05) is 20.8 Å². The fourth-order valence-electron chi connectivity index (χ4n) is 2.88. The molecule has 0 bridgehead atoms. The lowest BCUT2D eigenvalue weighted by atomic mass is 9.97. The van der Waals surface area contributed by atoms with Crippen molar-refractivity contribution in [1.82, 2.24) is 0 Å². The summed E-state index contributed by atoms with van der Waals surface area (Å²) in [6, 6.07) is 11.8. The third-order valence-electron chi connectivity index (χ3n) is 4.66. The number of esters is 1. The van der Waals surface area contributed by atoms with Crippen molar-refractivity contribution in [1.29, 1.82) is 5.26 Å². The van der Waals surface area contributed by atoms with E-state index in [-0.39, 0.29) is 24.1 Å². The van der Waals surface area contributed by atoms with E-state index in [4.69, 9.17) is 24.7 Å². The van der Waals surface area contributed by atoms with Crippen molar-refractivity contribution in [2.24, 2.45) is 11.7 Å². The van der Waals surface area contributed by atoms with Crippen LogP contribution in [-0.2, 0) is 4.79 Å². The summed E-state index contributed by atoms with van der Waals surface area (Å²) in [6.07, 6.45) is 1.42. The molecule has 0 aliphatic heterocycles. The number of hydrogen-bond donors (Lipinski definition) is 1. The van der Waals surface area contributed by atoms with Gasteiger partial charge in [-0.05, 0) is 53.8 Å². The highest BCUT2D eigenvalue weighted by molar-refractivity contribution is 5.85. The summed E-state index contributed by atoms with van der Waals surface area (Å²) in [4.78, 5) is 12.4. The Bertz CT molecular complexity index is 998. The number of benzene rings is 2. The average molecular weight is 461 g/mol. The monoisotopic (exact) mass is 460 g/mol. The van der Waals surface area contributed by atoms with E-state index in [9.17, 15) is 10.1 Å². The fraction of sp³-hybridized carbons (Fsp3) is 0.333. The number of nitrogens with zero attached hydrogens (tertiary/aromatic N) is 1. The molecule has 0 aromatic heterocycles. The maximum atomic E-state index is 12.4. The average Bonchev–Trinajstić information content (AvgIpc) is 2.77. The van der Waals surface area contributed by atoms with Crippen LogP contribution in [-0.4, -0.2) is 32.8 Å². The first kappa shape index (κ1) is 26.8. The highest BCUT2D eigenvalue weighted by Crippen LogP contribution is 2.36. The van der Waals surface area contributed by atoms with Gasteiger partial charge in [0.15, 0.2) is 23.0 Å². The third kappa shape index (κ3) is 6.39. The Hall–Kier alpha value is -3.21. The molecule has 0 saturated heterocycles. The number of hydrogen-bond acceptors (Lipinski definition) is 7. The molecule has 0 aliphatic carbocycles. The summed E-state index contributed by atoms with van der Waals surface area (Å²) >= 11 is 0. The molecule has 2 rings (SSSR count). The van der Waals surface area contributed by atoms with Gasteiger partial charge in [-0.25, -0.2) is 4.79 Å². The molecule has 0 radical (unpaired) electrons. The predicted molar refractivity (Wildman–Crippen MR) is 126 cm³/mol. The molecule has 0 fully saturated rings. The Morgan fingerprint density at radius 1 is 1.03 bits per heavy atom. The zero-order valence-corrected chi connectivity index (χ0v) is 19.7. The number of methoxy groups -OCH3 is 2. The number of ether oxygens (including phenoxy) is 4. The van der Waals surface area contributed by atoms with Crippen molar-refractivity contribution >= 4 is 23.9 Å². The van der Waals surface area contributed by atoms with Crippen molar-refractivity contribution in [3.63, 3.8) is 0 Å². The second kappa shape index (κ2) is 12.6. The zero-order chi connectivity index (χ0) is 23.0. The summed E-state index contributed by atoms with van der Waals surface area (Å²) in [5, 5.41) is 9.37. The van der Waals surface area contributed by atoms with Gasteiger partial charge in [0, 0.05) is 6.08 Å². The van der Waals surface area contributed by atoms with Crippen LogP contribution in [0.25, 0.3) is 5.57 Å². The second-order valence-electron chi connectivity index (χ2n) is 7.04. The van der Waals surface area contributed by atoms with Crippen LogP contribution in [0.5, 0.6) is 23.0 Å². The molecular formula is C24H29ClN2O5. The van der Waals surface area contributed by atoms with E-state index in [0.717, 1.165) is 5.56 Å². The van der Waals surface area contributed by atoms with Crippen LogP contribution < -0.4 is 24.7 Å². The van der Waals surface area contributed by atoms with Gasteiger partial charge in [0.05, 0.1) is 26.9 Å². The Kier molecular flexibility index (Phi) is 10.6. The molecule has 7 nitrogen and oxygen atoms in total. The van der Waals surface area contributed by atoms with Gasteiger partial charge >= 0.3 is 5.97 Å². The van der Waals surface area contributed by atoms with Gasteiger partial charge in [-0.1, -0.05) is 26.0 Å². The molecule has 32 heavy (non-hydrogen) atoms. The smallest absolute Gasteiger partial charge is 0.328 e. The number of rotatable bonds is 9. The molecular weight excluding hydrogens is 432 g/mol. The maximum absolute atomic E-state index is 12.4. The minimum Gasteiger partial charge on any atom is -0.493 e. The first-order valence-electron chi connectivity index (χ1n) is 9.92. The molecule has 172 valence electrons. The number of nitrogens with two attached hydrogens (primary N) is 1. The summed E-state index contributed by atoms with van der Waals surface area (Å²) in [7, 11) is 3.05. The molecule has 0 aliphatic rings. The highest BCUT2D eigenvalue weighted by Gasteiger charge is 2.22. The van der Waals surface area contributed by atoms with E-state index in [1.165, 1.54) is 13.2 Å². The van der Waals surface area contributed by atoms with Crippen LogP contribution in [0, 0.1) is 17.2 Å². The molecule has 0 amide bonds. The van der Waals surface area contributed by atoms with Crippen molar-refractivity contribution < 1.29 is 23.7 Å². The molecule has 2 aromatic rings.